The number of piperazine rings is 1. The summed E-state index contributed by atoms with van der Waals surface area (Å²) in [5, 5.41) is 3.87. The molecule has 23 heavy (non-hydrogen) atoms. The van der Waals surface area contributed by atoms with Crippen molar-refractivity contribution in [1.29, 1.82) is 0 Å². The van der Waals surface area contributed by atoms with Gasteiger partial charge in [0.2, 0.25) is 0 Å². The van der Waals surface area contributed by atoms with Gasteiger partial charge >= 0.3 is 0 Å². The largest absolute Gasteiger partial charge is 0.367 e. The lowest BCUT2D eigenvalue weighted by atomic mass is 10.1. The quantitative estimate of drug-likeness (QED) is 0.710. The predicted molar refractivity (Wildman–Crippen MR) is 90.4 cm³/mol. The minimum atomic E-state index is -0.612. The Morgan fingerprint density at radius 1 is 1.00 bits per heavy atom. The number of hydrogen-bond donors (Lipinski definition) is 0. The van der Waals surface area contributed by atoms with Gasteiger partial charge in [0, 0.05) is 49.5 Å². The Bertz CT molecular complexity index is 827. The van der Waals surface area contributed by atoms with E-state index in [4.69, 9.17) is 0 Å². The van der Waals surface area contributed by atoms with E-state index in [1.54, 1.807) is 17.5 Å². The van der Waals surface area contributed by atoms with Crippen molar-refractivity contribution in [1.82, 2.24) is 4.98 Å². The number of rotatable bonds is 2. The highest BCUT2D eigenvalue weighted by Crippen LogP contribution is 2.30. The van der Waals surface area contributed by atoms with Crippen LogP contribution in [-0.2, 0) is 0 Å². The molecule has 3 heterocycles. The summed E-state index contributed by atoms with van der Waals surface area (Å²) >= 11 is 1.73. The van der Waals surface area contributed by atoms with Crippen LogP contribution in [0.2, 0.25) is 0 Å². The number of halogens is 2. The van der Waals surface area contributed by atoms with Gasteiger partial charge in [-0.1, -0.05) is 0 Å². The summed E-state index contributed by atoms with van der Waals surface area (Å²) in [4.78, 5) is 8.57. The standard InChI is InChI=1S/C17H15F2N3S/c18-12-10-13-15(3-4-20-17(13)14(19)11-12)21-5-7-22(8-6-21)16-2-1-9-23-16/h1-4,9-11H,5-8H2. The van der Waals surface area contributed by atoms with E-state index in [1.165, 1.54) is 11.1 Å². The van der Waals surface area contributed by atoms with Crippen LogP contribution in [-0.4, -0.2) is 31.2 Å². The van der Waals surface area contributed by atoms with Gasteiger partial charge in [-0.3, -0.25) is 4.98 Å². The molecule has 0 spiro atoms. The van der Waals surface area contributed by atoms with Crippen molar-refractivity contribution in [2.45, 2.75) is 0 Å². The fourth-order valence-corrected chi connectivity index (χ4v) is 3.84. The maximum absolute atomic E-state index is 13.9. The highest BCUT2D eigenvalue weighted by atomic mass is 32.1. The molecule has 2 aromatic heterocycles. The summed E-state index contributed by atoms with van der Waals surface area (Å²) in [5.41, 5.74) is 1.07. The molecule has 1 aliphatic rings. The predicted octanol–water partition coefficient (Wildman–Crippen LogP) is 3.90. The molecule has 0 bridgehead atoms. The third kappa shape index (κ3) is 2.63. The van der Waals surface area contributed by atoms with Crippen LogP contribution in [0.15, 0.2) is 41.9 Å². The zero-order valence-corrected chi connectivity index (χ0v) is 13.2. The number of benzene rings is 1. The van der Waals surface area contributed by atoms with Crippen molar-refractivity contribution in [3.63, 3.8) is 0 Å². The van der Waals surface area contributed by atoms with Crippen LogP contribution in [0.5, 0.6) is 0 Å². The van der Waals surface area contributed by atoms with Gasteiger partial charge in [0.05, 0.1) is 5.00 Å². The van der Waals surface area contributed by atoms with Crippen molar-refractivity contribution in [3.8, 4) is 0 Å². The Hall–Kier alpha value is -2.21. The van der Waals surface area contributed by atoms with Gasteiger partial charge in [-0.25, -0.2) is 8.78 Å². The van der Waals surface area contributed by atoms with Gasteiger partial charge < -0.3 is 9.80 Å². The molecular weight excluding hydrogens is 316 g/mol. The zero-order valence-electron chi connectivity index (χ0n) is 12.4. The molecule has 1 saturated heterocycles. The number of hydrogen-bond acceptors (Lipinski definition) is 4. The molecule has 1 fully saturated rings. The highest BCUT2D eigenvalue weighted by molar-refractivity contribution is 7.14. The number of thiophene rings is 1. The van der Waals surface area contributed by atoms with Crippen LogP contribution in [0.1, 0.15) is 0 Å². The summed E-state index contributed by atoms with van der Waals surface area (Å²) in [6.45, 7) is 3.41. The molecule has 0 N–H and O–H groups in total. The molecule has 0 saturated carbocycles. The smallest absolute Gasteiger partial charge is 0.152 e. The average molecular weight is 331 g/mol. The third-order valence-corrected chi connectivity index (χ3v) is 5.11. The van der Waals surface area contributed by atoms with Crippen LogP contribution < -0.4 is 9.80 Å². The van der Waals surface area contributed by atoms with Gasteiger partial charge in [0.1, 0.15) is 11.3 Å². The van der Waals surface area contributed by atoms with Crippen LogP contribution in [0.25, 0.3) is 10.9 Å². The van der Waals surface area contributed by atoms with Crippen molar-refractivity contribution >= 4 is 32.9 Å². The number of anilines is 2. The molecule has 0 aliphatic carbocycles. The Balaban J connectivity index is 1.63. The van der Waals surface area contributed by atoms with Crippen LogP contribution in [0.3, 0.4) is 0 Å². The van der Waals surface area contributed by atoms with Gasteiger partial charge in [0.15, 0.2) is 5.82 Å². The third-order valence-electron chi connectivity index (χ3n) is 4.18. The molecule has 0 atom stereocenters. The van der Waals surface area contributed by atoms with Crippen LogP contribution in [0.4, 0.5) is 19.5 Å². The Labute approximate surface area is 136 Å². The summed E-state index contributed by atoms with van der Waals surface area (Å²) in [5.74, 6) is -1.18. The van der Waals surface area contributed by atoms with E-state index in [1.807, 2.05) is 12.1 Å². The molecule has 3 aromatic rings. The minimum absolute atomic E-state index is 0.226. The number of aromatic nitrogens is 1. The Morgan fingerprint density at radius 2 is 1.78 bits per heavy atom. The second-order valence-electron chi connectivity index (χ2n) is 5.54. The second-order valence-corrected chi connectivity index (χ2v) is 6.47. The molecule has 1 aromatic carbocycles. The molecule has 0 unspecified atom stereocenters. The van der Waals surface area contributed by atoms with Gasteiger partial charge in [0.25, 0.3) is 0 Å². The lowest BCUT2D eigenvalue weighted by Crippen LogP contribution is -2.46. The van der Waals surface area contributed by atoms with Crippen molar-refractivity contribution in [2.75, 3.05) is 36.0 Å². The summed E-state index contributed by atoms with van der Waals surface area (Å²) < 4.78 is 27.5. The topological polar surface area (TPSA) is 19.4 Å². The molecule has 0 amide bonds. The average Bonchev–Trinajstić information content (AvgIpc) is 3.09. The first-order valence-electron chi connectivity index (χ1n) is 7.49. The fourth-order valence-electron chi connectivity index (χ4n) is 3.06. The SMILES string of the molecule is Fc1cc(F)c2nccc(N3CCN(c4cccs4)CC3)c2c1. The van der Waals surface area contributed by atoms with Gasteiger partial charge in [-0.15, -0.1) is 11.3 Å². The summed E-state index contributed by atoms with van der Waals surface area (Å²) in [6.07, 6.45) is 1.59. The minimum Gasteiger partial charge on any atom is -0.367 e. The Kier molecular flexibility index (Phi) is 3.61. The second kappa shape index (κ2) is 5.77. The summed E-state index contributed by atoms with van der Waals surface area (Å²) in [7, 11) is 0. The first-order valence-corrected chi connectivity index (χ1v) is 8.37. The van der Waals surface area contributed by atoms with E-state index in [9.17, 15) is 8.78 Å². The first kappa shape index (κ1) is 14.4. The lowest BCUT2D eigenvalue weighted by Gasteiger charge is -2.37. The number of nitrogens with zero attached hydrogens (tertiary/aromatic N) is 3. The van der Waals surface area contributed by atoms with Crippen molar-refractivity contribution in [2.24, 2.45) is 0 Å². The molecule has 4 rings (SSSR count). The Morgan fingerprint density at radius 3 is 2.52 bits per heavy atom. The molecular formula is C17H15F2N3S. The molecule has 3 nitrogen and oxygen atoms in total. The van der Waals surface area contributed by atoms with E-state index in [0.717, 1.165) is 37.9 Å². The fraction of sp³-hybridized carbons (Fsp3) is 0.235. The molecule has 0 radical (unpaired) electrons. The lowest BCUT2D eigenvalue weighted by molar-refractivity contribution is 0.590. The first-order chi connectivity index (χ1) is 11.2. The number of fused-ring (bicyclic) bond motifs is 1. The van der Waals surface area contributed by atoms with E-state index in [2.05, 4.69) is 26.2 Å². The van der Waals surface area contributed by atoms with Crippen LogP contribution in [0, 0.1) is 11.6 Å². The van der Waals surface area contributed by atoms with E-state index in [0.29, 0.717) is 5.39 Å². The van der Waals surface area contributed by atoms with Crippen LogP contribution >= 0.6 is 11.3 Å². The normalized spacial score (nSPS) is 15.4. The van der Waals surface area contributed by atoms with E-state index < -0.39 is 11.6 Å². The van der Waals surface area contributed by atoms with Gasteiger partial charge in [-0.05, 0) is 29.6 Å². The molecule has 118 valence electrons. The maximum Gasteiger partial charge on any atom is 0.152 e. The van der Waals surface area contributed by atoms with Crippen molar-refractivity contribution in [3.05, 3.63) is 53.5 Å². The molecule has 1 aliphatic heterocycles. The van der Waals surface area contributed by atoms with E-state index in [-0.39, 0.29) is 5.52 Å². The highest BCUT2D eigenvalue weighted by Gasteiger charge is 2.20. The summed E-state index contributed by atoms with van der Waals surface area (Å²) in [6, 6.07) is 8.25. The zero-order chi connectivity index (χ0) is 15.8. The monoisotopic (exact) mass is 331 g/mol. The van der Waals surface area contributed by atoms with E-state index >= 15 is 0 Å². The van der Waals surface area contributed by atoms with Crippen molar-refractivity contribution < 1.29 is 8.78 Å². The number of pyridine rings is 1. The molecule has 6 heteroatoms. The maximum atomic E-state index is 13.9. The van der Waals surface area contributed by atoms with Gasteiger partial charge in [-0.2, -0.15) is 0 Å².